The zero-order chi connectivity index (χ0) is 17.8. The molecule has 3 rings (SSSR count). The predicted molar refractivity (Wildman–Crippen MR) is 97.6 cm³/mol. The molecule has 3 aromatic rings. The molecule has 128 valence electrons. The molecule has 0 aliphatic heterocycles. The lowest BCUT2D eigenvalue weighted by molar-refractivity contribution is -0.116. The molecule has 0 saturated heterocycles. The van der Waals surface area contributed by atoms with Gasteiger partial charge in [-0.15, -0.1) is 0 Å². The number of anilines is 1. The molecule has 0 radical (unpaired) electrons. The highest BCUT2D eigenvalue weighted by Crippen LogP contribution is 2.19. The van der Waals surface area contributed by atoms with E-state index in [0.717, 1.165) is 22.4 Å². The van der Waals surface area contributed by atoms with Crippen LogP contribution in [0.25, 0.3) is 11.4 Å². The molecule has 0 bridgehead atoms. The zero-order valence-corrected chi connectivity index (χ0v) is 14.8. The summed E-state index contributed by atoms with van der Waals surface area (Å²) in [5, 5.41) is 7.48. The van der Waals surface area contributed by atoms with E-state index in [1.807, 2.05) is 38.1 Å². The first-order valence-corrected chi connectivity index (χ1v) is 8.34. The highest BCUT2D eigenvalue weighted by molar-refractivity contribution is 6.30. The standard InChI is InChI=1S/C19H18ClN3O2/c1-12-9-13(2)11-16(10-12)21-17(24)7-8-18-22-19(23-25-18)14-3-5-15(20)6-4-14/h3-6,9-11H,7-8H2,1-2H3,(H,21,24). The van der Waals surface area contributed by atoms with Crippen molar-refractivity contribution < 1.29 is 9.32 Å². The van der Waals surface area contributed by atoms with Crippen LogP contribution >= 0.6 is 11.6 Å². The summed E-state index contributed by atoms with van der Waals surface area (Å²) in [6.07, 6.45) is 0.659. The van der Waals surface area contributed by atoms with Crippen LogP contribution in [0.15, 0.2) is 47.0 Å². The first-order valence-electron chi connectivity index (χ1n) is 7.96. The van der Waals surface area contributed by atoms with Gasteiger partial charge in [-0.2, -0.15) is 4.98 Å². The highest BCUT2D eigenvalue weighted by Gasteiger charge is 2.11. The van der Waals surface area contributed by atoms with Crippen LogP contribution in [0.5, 0.6) is 0 Å². The van der Waals surface area contributed by atoms with Crippen LogP contribution in [0.4, 0.5) is 5.69 Å². The molecule has 1 aromatic heterocycles. The van der Waals surface area contributed by atoms with Gasteiger partial charge in [0.25, 0.3) is 0 Å². The molecule has 25 heavy (non-hydrogen) atoms. The summed E-state index contributed by atoms with van der Waals surface area (Å²) in [6.45, 7) is 4.00. The monoisotopic (exact) mass is 355 g/mol. The van der Waals surface area contributed by atoms with E-state index in [4.69, 9.17) is 16.1 Å². The van der Waals surface area contributed by atoms with Crippen molar-refractivity contribution in [2.45, 2.75) is 26.7 Å². The van der Waals surface area contributed by atoms with Crippen molar-refractivity contribution in [1.82, 2.24) is 10.1 Å². The second-order valence-corrected chi connectivity index (χ2v) is 6.38. The van der Waals surface area contributed by atoms with Gasteiger partial charge in [0.15, 0.2) is 0 Å². The van der Waals surface area contributed by atoms with Gasteiger partial charge in [0.05, 0.1) is 0 Å². The average Bonchev–Trinajstić information content (AvgIpc) is 3.01. The number of aromatic nitrogens is 2. The number of nitrogens with zero attached hydrogens (tertiary/aromatic N) is 2. The van der Waals surface area contributed by atoms with Crippen molar-refractivity contribution in [3.63, 3.8) is 0 Å². The fourth-order valence-electron chi connectivity index (χ4n) is 2.56. The van der Waals surface area contributed by atoms with E-state index in [-0.39, 0.29) is 12.3 Å². The minimum absolute atomic E-state index is 0.0868. The summed E-state index contributed by atoms with van der Waals surface area (Å²) in [5.74, 6) is 0.832. The molecule has 0 aliphatic carbocycles. The van der Waals surface area contributed by atoms with Crippen LogP contribution in [-0.2, 0) is 11.2 Å². The van der Waals surface area contributed by atoms with Crippen molar-refractivity contribution in [3.8, 4) is 11.4 Å². The van der Waals surface area contributed by atoms with Gasteiger partial charge < -0.3 is 9.84 Å². The summed E-state index contributed by atoms with van der Waals surface area (Å²) < 4.78 is 5.21. The van der Waals surface area contributed by atoms with Gasteiger partial charge in [-0.1, -0.05) is 22.8 Å². The third-order valence-corrected chi connectivity index (χ3v) is 3.89. The highest BCUT2D eigenvalue weighted by atomic mass is 35.5. The van der Waals surface area contributed by atoms with E-state index in [9.17, 15) is 4.79 Å². The molecule has 0 saturated carbocycles. The van der Waals surface area contributed by atoms with Gasteiger partial charge in [-0.3, -0.25) is 4.79 Å². The van der Waals surface area contributed by atoms with E-state index >= 15 is 0 Å². The molecular weight excluding hydrogens is 338 g/mol. The number of rotatable bonds is 5. The lowest BCUT2D eigenvalue weighted by Gasteiger charge is -2.06. The van der Waals surface area contributed by atoms with Gasteiger partial charge in [0, 0.05) is 29.1 Å². The van der Waals surface area contributed by atoms with Crippen LogP contribution in [0.3, 0.4) is 0 Å². The number of benzene rings is 2. The van der Waals surface area contributed by atoms with Crippen LogP contribution in [0.1, 0.15) is 23.4 Å². The molecule has 0 aliphatic rings. The van der Waals surface area contributed by atoms with Crippen molar-refractivity contribution in [2.75, 3.05) is 5.32 Å². The maximum atomic E-state index is 12.1. The van der Waals surface area contributed by atoms with Gasteiger partial charge in [-0.05, 0) is 61.4 Å². The molecule has 5 nitrogen and oxygen atoms in total. The Labute approximate surface area is 151 Å². The zero-order valence-electron chi connectivity index (χ0n) is 14.0. The maximum absolute atomic E-state index is 12.1. The summed E-state index contributed by atoms with van der Waals surface area (Å²) >= 11 is 5.87. The van der Waals surface area contributed by atoms with Crippen molar-refractivity contribution in [2.24, 2.45) is 0 Å². The van der Waals surface area contributed by atoms with Crippen LogP contribution < -0.4 is 5.32 Å². The molecule has 6 heteroatoms. The number of halogens is 1. The summed E-state index contributed by atoms with van der Waals surface area (Å²) in [4.78, 5) is 16.4. The van der Waals surface area contributed by atoms with E-state index in [1.165, 1.54) is 0 Å². The van der Waals surface area contributed by atoms with E-state index in [2.05, 4.69) is 21.5 Å². The Kier molecular flexibility index (Phi) is 5.14. The third kappa shape index (κ3) is 4.67. The van der Waals surface area contributed by atoms with Gasteiger partial charge >= 0.3 is 0 Å². The molecule has 0 atom stereocenters. The number of hydrogen-bond acceptors (Lipinski definition) is 4. The number of nitrogens with one attached hydrogen (secondary N) is 1. The Morgan fingerprint density at radius 1 is 1.12 bits per heavy atom. The SMILES string of the molecule is Cc1cc(C)cc(NC(=O)CCc2nc(-c3ccc(Cl)cc3)no2)c1. The van der Waals surface area contributed by atoms with Gasteiger partial charge in [-0.25, -0.2) is 0 Å². The normalized spacial score (nSPS) is 10.7. The molecule has 0 spiro atoms. The van der Waals surface area contributed by atoms with E-state index in [0.29, 0.717) is 23.2 Å². The molecule has 2 aromatic carbocycles. The third-order valence-electron chi connectivity index (χ3n) is 3.64. The second kappa shape index (κ2) is 7.49. The molecule has 1 heterocycles. The number of amides is 1. The maximum Gasteiger partial charge on any atom is 0.227 e. The quantitative estimate of drug-likeness (QED) is 0.727. The lowest BCUT2D eigenvalue weighted by atomic mass is 10.1. The van der Waals surface area contributed by atoms with Crippen LogP contribution in [0, 0.1) is 13.8 Å². The fraction of sp³-hybridized carbons (Fsp3) is 0.211. The predicted octanol–water partition coefficient (Wildman–Crippen LogP) is 4.58. The Morgan fingerprint density at radius 2 is 1.80 bits per heavy atom. The Hall–Kier alpha value is -2.66. The van der Waals surface area contributed by atoms with Crippen molar-refractivity contribution in [1.29, 1.82) is 0 Å². The van der Waals surface area contributed by atoms with E-state index < -0.39 is 0 Å². The largest absolute Gasteiger partial charge is 0.339 e. The van der Waals surface area contributed by atoms with Crippen molar-refractivity contribution in [3.05, 3.63) is 64.5 Å². The molecule has 1 N–H and O–H groups in total. The first kappa shape index (κ1) is 17.2. The summed E-state index contributed by atoms with van der Waals surface area (Å²) in [7, 11) is 0. The Balaban J connectivity index is 1.58. The Bertz CT molecular complexity index is 868. The van der Waals surface area contributed by atoms with Crippen LogP contribution in [-0.4, -0.2) is 16.0 Å². The van der Waals surface area contributed by atoms with Crippen molar-refractivity contribution >= 4 is 23.2 Å². The minimum atomic E-state index is -0.0868. The topological polar surface area (TPSA) is 68.0 Å². The molecular formula is C19H18ClN3O2. The molecule has 0 fully saturated rings. The Morgan fingerprint density at radius 3 is 2.48 bits per heavy atom. The van der Waals surface area contributed by atoms with Gasteiger partial charge in [0.1, 0.15) is 0 Å². The summed E-state index contributed by atoms with van der Waals surface area (Å²) in [5.41, 5.74) is 3.84. The minimum Gasteiger partial charge on any atom is -0.339 e. The summed E-state index contributed by atoms with van der Waals surface area (Å²) in [6, 6.07) is 13.1. The van der Waals surface area contributed by atoms with Crippen LogP contribution in [0.2, 0.25) is 5.02 Å². The second-order valence-electron chi connectivity index (χ2n) is 5.94. The molecule has 0 unspecified atom stereocenters. The number of carbonyl (C=O) groups excluding carboxylic acids is 1. The first-order chi connectivity index (χ1) is 12.0. The smallest absolute Gasteiger partial charge is 0.227 e. The molecule has 1 amide bonds. The lowest BCUT2D eigenvalue weighted by Crippen LogP contribution is -2.12. The fourth-order valence-corrected chi connectivity index (χ4v) is 2.69. The number of carbonyl (C=O) groups is 1. The van der Waals surface area contributed by atoms with E-state index in [1.54, 1.807) is 12.1 Å². The average molecular weight is 356 g/mol. The number of aryl methyl sites for hydroxylation is 3. The van der Waals surface area contributed by atoms with Gasteiger partial charge in [0.2, 0.25) is 17.6 Å². The number of hydrogen-bond donors (Lipinski definition) is 1.